The smallest absolute Gasteiger partial charge is 0.255 e. The van der Waals surface area contributed by atoms with Crippen molar-refractivity contribution in [2.24, 2.45) is 9.98 Å². The highest BCUT2D eigenvalue weighted by Crippen LogP contribution is 2.22. The zero-order valence-electron chi connectivity index (χ0n) is 21.1. The standard InChI is InChI=1S/C29H32N8O/c30-24-7-3-4-8-25(24)34-26(38)19-11-9-18(10-12-19)17-31-27-35-28(32-22-13-14-22)37-29(36-27)33-23-15-20-5-1-2-6-21(20)16-23/h1-12,22-23,27,31H,13-17,30H2,(H,34,38)(H3,32,33,35,36,37). The van der Waals surface area contributed by atoms with Gasteiger partial charge in [-0.3, -0.25) is 10.1 Å². The maximum atomic E-state index is 12.6. The van der Waals surface area contributed by atoms with Crippen molar-refractivity contribution < 1.29 is 4.79 Å². The number of para-hydroxylation sites is 2. The van der Waals surface area contributed by atoms with Crippen LogP contribution in [0.2, 0.25) is 0 Å². The second-order valence-corrected chi connectivity index (χ2v) is 10.0. The molecule has 2 aliphatic carbocycles. The summed E-state index contributed by atoms with van der Waals surface area (Å²) in [4.78, 5) is 22.1. The van der Waals surface area contributed by atoms with Gasteiger partial charge in [0.2, 0.25) is 11.9 Å². The molecule has 9 heteroatoms. The number of amides is 1. The number of carbonyl (C=O) groups excluding carboxylic acids is 1. The molecular formula is C29H32N8O. The van der Waals surface area contributed by atoms with Crippen LogP contribution in [0.4, 0.5) is 11.4 Å². The van der Waals surface area contributed by atoms with E-state index in [1.54, 1.807) is 12.1 Å². The number of fused-ring (bicyclic) bond motifs is 1. The number of hydrogen-bond donors (Lipinski definition) is 6. The molecule has 1 aliphatic heterocycles. The molecule has 1 heterocycles. The minimum Gasteiger partial charge on any atom is -0.397 e. The minimum atomic E-state index is -0.330. The van der Waals surface area contributed by atoms with E-state index in [4.69, 9.17) is 15.7 Å². The molecule has 38 heavy (non-hydrogen) atoms. The highest BCUT2D eigenvalue weighted by molar-refractivity contribution is 6.05. The summed E-state index contributed by atoms with van der Waals surface area (Å²) in [6.45, 7) is 0.577. The van der Waals surface area contributed by atoms with E-state index in [0.29, 0.717) is 41.5 Å². The van der Waals surface area contributed by atoms with Crippen LogP contribution in [0, 0.1) is 0 Å². The van der Waals surface area contributed by atoms with Gasteiger partial charge >= 0.3 is 0 Å². The summed E-state index contributed by atoms with van der Waals surface area (Å²) in [7, 11) is 0. The quantitative estimate of drug-likeness (QED) is 0.273. The highest BCUT2D eigenvalue weighted by atomic mass is 16.1. The first-order valence-corrected chi connectivity index (χ1v) is 13.1. The number of rotatable bonds is 7. The van der Waals surface area contributed by atoms with E-state index in [0.717, 1.165) is 37.2 Å². The van der Waals surface area contributed by atoms with E-state index in [2.05, 4.69) is 50.8 Å². The molecule has 7 N–H and O–H groups in total. The zero-order valence-corrected chi connectivity index (χ0v) is 21.1. The summed E-state index contributed by atoms with van der Waals surface area (Å²) in [5.74, 6) is 1.18. The fourth-order valence-corrected chi connectivity index (χ4v) is 4.75. The number of nitrogens with zero attached hydrogens (tertiary/aromatic N) is 2. The van der Waals surface area contributed by atoms with Gasteiger partial charge in [0, 0.05) is 24.2 Å². The summed E-state index contributed by atoms with van der Waals surface area (Å²) in [5, 5.41) is 16.7. The average Bonchev–Trinajstić information content (AvgIpc) is 3.64. The van der Waals surface area contributed by atoms with Gasteiger partial charge in [-0.2, -0.15) is 4.99 Å². The van der Waals surface area contributed by atoms with Gasteiger partial charge in [0.15, 0.2) is 6.29 Å². The van der Waals surface area contributed by atoms with E-state index in [-0.39, 0.29) is 12.2 Å². The van der Waals surface area contributed by atoms with Gasteiger partial charge in [0.1, 0.15) is 0 Å². The number of benzene rings is 3. The third kappa shape index (κ3) is 5.78. The molecule has 1 fully saturated rings. The Labute approximate surface area is 222 Å². The summed E-state index contributed by atoms with van der Waals surface area (Å²) in [6.07, 6.45) is 3.93. The van der Waals surface area contributed by atoms with Crippen molar-refractivity contribution >= 4 is 29.2 Å². The number of anilines is 2. The Kier molecular flexibility index (Phi) is 6.66. The van der Waals surface area contributed by atoms with Crippen molar-refractivity contribution in [2.45, 2.75) is 50.6 Å². The van der Waals surface area contributed by atoms with Crippen LogP contribution in [-0.4, -0.2) is 36.2 Å². The van der Waals surface area contributed by atoms with E-state index in [1.807, 2.05) is 36.4 Å². The van der Waals surface area contributed by atoms with Crippen molar-refractivity contribution in [1.82, 2.24) is 21.3 Å². The van der Waals surface area contributed by atoms with Crippen molar-refractivity contribution in [3.05, 3.63) is 95.1 Å². The van der Waals surface area contributed by atoms with E-state index < -0.39 is 0 Å². The number of hydrogen-bond acceptors (Lipinski definition) is 8. The first-order valence-electron chi connectivity index (χ1n) is 13.1. The van der Waals surface area contributed by atoms with Gasteiger partial charge in [0.25, 0.3) is 5.91 Å². The number of aliphatic imine (C=N–C) groups is 2. The maximum absolute atomic E-state index is 12.6. The molecule has 3 aromatic rings. The summed E-state index contributed by atoms with van der Waals surface area (Å²) in [6, 6.07) is 24.1. The van der Waals surface area contributed by atoms with Gasteiger partial charge < -0.3 is 27.0 Å². The normalized spacial score (nSPS) is 18.6. The number of guanidine groups is 2. The van der Waals surface area contributed by atoms with Crippen LogP contribution in [0.25, 0.3) is 0 Å². The van der Waals surface area contributed by atoms with Crippen molar-refractivity contribution in [1.29, 1.82) is 0 Å². The van der Waals surface area contributed by atoms with Gasteiger partial charge in [0.05, 0.1) is 11.4 Å². The molecule has 6 rings (SSSR count). The molecule has 0 saturated heterocycles. The van der Waals surface area contributed by atoms with Crippen LogP contribution in [0.3, 0.4) is 0 Å². The number of nitrogens with one attached hydrogen (secondary N) is 5. The Bertz CT molecular complexity index is 1350. The lowest BCUT2D eigenvalue weighted by molar-refractivity contribution is 0.102. The molecule has 194 valence electrons. The summed E-state index contributed by atoms with van der Waals surface area (Å²) < 4.78 is 0. The van der Waals surface area contributed by atoms with E-state index >= 15 is 0 Å². The Balaban J connectivity index is 1.06. The molecule has 1 atom stereocenters. The fraction of sp³-hybridized carbons (Fsp3) is 0.276. The molecule has 0 bridgehead atoms. The number of nitrogens with two attached hydrogens (primary N) is 1. The van der Waals surface area contributed by atoms with Gasteiger partial charge in [-0.05, 0) is 66.6 Å². The van der Waals surface area contributed by atoms with E-state index in [1.165, 1.54) is 11.1 Å². The second-order valence-electron chi connectivity index (χ2n) is 10.0. The van der Waals surface area contributed by atoms with Crippen molar-refractivity contribution in [3.8, 4) is 0 Å². The molecule has 9 nitrogen and oxygen atoms in total. The molecule has 3 aromatic carbocycles. The summed E-state index contributed by atoms with van der Waals surface area (Å²) in [5.41, 5.74) is 11.5. The number of carbonyl (C=O) groups is 1. The minimum absolute atomic E-state index is 0.197. The van der Waals surface area contributed by atoms with Crippen LogP contribution in [0.15, 0.2) is 82.8 Å². The molecule has 1 saturated carbocycles. The van der Waals surface area contributed by atoms with Crippen LogP contribution < -0.4 is 32.3 Å². The largest absolute Gasteiger partial charge is 0.397 e. The van der Waals surface area contributed by atoms with Gasteiger partial charge in [-0.15, -0.1) is 0 Å². The predicted octanol–water partition coefficient (Wildman–Crippen LogP) is 2.72. The Morgan fingerprint density at radius 1 is 0.895 bits per heavy atom. The predicted molar refractivity (Wildman–Crippen MR) is 151 cm³/mol. The highest BCUT2D eigenvalue weighted by Gasteiger charge is 2.27. The van der Waals surface area contributed by atoms with Crippen molar-refractivity contribution in [2.75, 3.05) is 11.1 Å². The first-order chi connectivity index (χ1) is 18.6. The zero-order chi connectivity index (χ0) is 25.9. The van der Waals surface area contributed by atoms with Crippen LogP contribution >= 0.6 is 0 Å². The fourth-order valence-electron chi connectivity index (χ4n) is 4.75. The lowest BCUT2D eigenvalue weighted by atomic mass is 10.1. The van der Waals surface area contributed by atoms with E-state index in [9.17, 15) is 4.79 Å². The van der Waals surface area contributed by atoms with Crippen LogP contribution in [0.1, 0.15) is 39.9 Å². The lowest BCUT2D eigenvalue weighted by Crippen LogP contribution is -2.55. The van der Waals surface area contributed by atoms with Gasteiger partial charge in [-0.25, -0.2) is 4.99 Å². The molecule has 1 amide bonds. The maximum Gasteiger partial charge on any atom is 0.255 e. The van der Waals surface area contributed by atoms with Crippen molar-refractivity contribution in [3.63, 3.8) is 0 Å². The molecule has 0 spiro atoms. The van der Waals surface area contributed by atoms with Crippen LogP contribution in [0.5, 0.6) is 0 Å². The Morgan fingerprint density at radius 3 is 2.32 bits per heavy atom. The lowest BCUT2D eigenvalue weighted by Gasteiger charge is -2.26. The monoisotopic (exact) mass is 508 g/mol. The SMILES string of the molecule is Nc1ccccc1NC(=O)c1ccc(CNC2N=C(NC3CC3)N=C(NC3Cc4ccccc4C3)N2)cc1. The molecule has 0 radical (unpaired) electrons. The third-order valence-corrected chi connectivity index (χ3v) is 6.97. The first kappa shape index (κ1) is 24.0. The Morgan fingerprint density at radius 2 is 1.61 bits per heavy atom. The average molecular weight is 509 g/mol. The summed E-state index contributed by atoms with van der Waals surface area (Å²) >= 11 is 0. The molecular weight excluding hydrogens is 476 g/mol. The Hall–Kier alpha value is -4.37. The van der Waals surface area contributed by atoms with Crippen LogP contribution in [-0.2, 0) is 19.4 Å². The topological polar surface area (TPSA) is 128 Å². The third-order valence-electron chi connectivity index (χ3n) is 6.97. The molecule has 1 unspecified atom stereocenters. The number of nitrogen functional groups attached to an aromatic ring is 1. The second kappa shape index (κ2) is 10.5. The molecule has 3 aliphatic rings. The molecule has 0 aromatic heterocycles. The van der Waals surface area contributed by atoms with Gasteiger partial charge in [-0.1, -0.05) is 48.5 Å².